The van der Waals surface area contributed by atoms with Gasteiger partial charge >= 0.3 is 18.0 Å². The zero-order chi connectivity index (χ0) is 59.5. The maximum Gasteiger partial charge on any atom is 0.408 e. The normalized spacial score (nSPS) is 39.6. The van der Waals surface area contributed by atoms with Gasteiger partial charge in [-0.15, -0.1) is 0 Å². The summed E-state index contributed by atoms with van der Waals surface area (Å²) in [6.45, 7) is 23.8. The minimum absolute atomic E-state index is 0.00175. The Bertz CT molecular complexity index is 2160. The summed E-state index contributed by atoms with van der Waals surface area (Å²) in [5, 5.41) is 40.9. The number of aromatic nitrogens is 1. The second-order valence-electron chi connectivity index (χ2n) is 23.8. The average Bonchev–Trinajstić information content (AvgIpc) is 3.52. The van der Waals surface area contributed by atoms with Gasteiger partial charge in [-0.05, 0) is 103 Å². The number of esters is 1. The number of hydrogen-bond donors (Lipinski definition) is 4. The van der Waals surface area contributed by atoms with Crippen LogP contribution >= 0.6 is 0 Å². The molecular weight excluding hydrogens is 1040 g/mol. The largest absolute Gasteiger partial charge is 0.481 e. The number of likely N-dealkylation sites (N-methyl/N-ethyl adjacent to an activating group) is 1. The van der Waals surface area contributed by atoms with Crippen molar-refractivity contribution in [3.8, 4) is 0 Å². The fraction of sp³-hybridized carbons (Fsp3) is 0.828. The van der Waals surface area contributed by atoms with Gasteiger partial charge in [-0.2, -0.15) is 0 Å². The highest BCUT2D eigenvalue weighted by Gasteiger charge is 2.54. The lowest BCUT2D eigenvalue weighted by Gasteiger charge is -2.46. The molecule has 0 aromatic carbocycles. The van der Waals surface area contributed by atoms with Crippen molar-refractivity contribution in [3.63, 3.8) is 0 Å². The first-order chi connectivity index (χ1) is 37.7. The van der Waals surface area contributed by atoms with Crippen LogP contribution in [0.1, 0.15) is 115 Å². The lowest BCUT2D eigenvalue weighted by Crippen LogP contribution is -2.59. The van der Waals surface area contributed by atoms with Crippen molar-refractivity contribution in [2.75, 3.05) is 48.1 Å². The minimum atomic E-state index is -1.97. The van der Waals surface area contributed by atoms with Gasteiger partial charge in [-0.1, -0.05) is 53.6 Å². The standard InChI is InChI=1S/C58H96N4O18/c1-29(2)43(53(66)67)44-35(8)48(31(4)28-73-56-51(71-16)50(70-15)45(63)39(12)76-56)78-54(68)38(11)49(77-42-24-32(5)62(14)27-34(7)74-42)37(10)47(79-55-46(64)41(61-72-17)25-33(6)75-55)30(3)26-58(13,52(65)36(44)9)80-57(69)60-23-20-40-18-21-59-22-19-40/h18-19,21-22,29-39,42-51,55-56,63-64H,20,23-28H2,1-17H3,(H,60,69)(H,66,67)/t30-,31?,32-,33+,34-,35-,36+,37+,38+,39+,42-,43+,44+,45+,46+,47-,48?,49-,50+,51+,55-,56+,58-/m0/s1. The van der Waals surface area contributed by atoms with Crippen molar-refractivity contribution in [1.29, 1.82) is 0 Å². The van der Waals surface area contributed by atoms with E-state index in [1.54, 1.807) is 67.8 Å². The number of aliphatic hydroxyl groups excluding tert-OH is 2. The van der Waals surface area contributed by atoms with Crippen LogP contribution in [-0.4, -0.2) is 194 Å². The molecule has 0 spiro atoms. The number of carboxylic acids is 1. The number of carbonyl (C=O) groups excluding carboxylic acids is 3. The maximum atomic E-state index is 16.0. The van der Waals surface area contributed by atoms with E-state index in [4.69, 9.17) is 52.2 Å². The van der Waals surface area contributed by atoms with Crippen LogP contribution in [0.5, 0.6) is 0 Å². The van der Waals surface area contributed by atoms with Crippen LogP contribution in [0.15, 0.2) is 29.7 Å². The molecule has 5 heterocycles. The Morgan fingerprint density at radius 1 is 0.863 bits per heavy atom. The van der Waals surface area contributed by atoms with Gasteiger partial charge in [0.2, 0.25) is 0 Å². The Morgan fingerprint density at radius 2 is 1.52 bits per heavy atom. The van der Waals surface area contributed by atoms with E-state index in [0.717, 1.165) is 5.56 Å². The Labute approximate surface area is 473 Å². The van der Waals surface area contributed by atoms with Crippen molar-refractivity contribution in [1.82, 2.24) is 15.2 Å². The van der Waals surface area contributed by atoms with Gasteiger partial charge in [0.15, 0.2) is 30.3 Å². The van der Waals surface area contributed by atoms with Gasteiger partial charge in [0.25, 0.3) is 0 Å². The number of nitrogens with one attached hydrogen (secondary N) is 1. The van der Waals surface area contributed by atoms with E-state index in [1.165, 1.54) is 28.3 Å². The quantitative estimate of drug-likeness (QED) is 0.102. The van der Waals surface area contributed by atoms with Crippen molar-refractivity contribution >= 4 is 29.5 Å². The molecule has 0 aliphatic carbocycles. The molecule has 22 nitrogen and oxygen atoms in total. The predicted molar refractivity (Wildman–Crippen MR) is 293 cm³/mol. The smallest absolute Gasteiger partial charge is 0.408 e. The molecule has 1 amide bonds. The van der Waals surface area contributed by atoms with E-state index < -0.39 is 156 Å². The van der Waals surface area contributed by atoms with Crippen LogP contribution in [0.3, 0.4) is 0 Å². The summed E-state index contributed by atoms with van der Waals surface area (Å²) in [6, 6.07) is 3.65. The number of carboxylic acid groups (broad SMARTS) is 1. The Morgan fingerprint density at radius 3 is 2.14 bits per heavy atom. The Hall–Kier alpha value is -3.94. The number of ketones is 1. The summed E-state index contributed by atoms with van der Waals surface area (Å²) >= 11 is 0. The number of amides is 1. The lowest BCUT2D eigenvalue weighted by molar-refractivity contribution is -0.305. The first kappa shape index (κ1) is 66.9. The molecule has 4 N–H and O–H groups in total. The number of ether oxygens (including phenoxy) is 10. The zero-order valence-electron chi connectivity index (χ0n) is 50.3. The molecule has 5 rings (SSSR count). The summed E-state index contributed by atoms with van der Waals surface area (Å²) in [6.07, 6.45) is -8.72. The topological polar surface area (TPSA) is 271 Å². The number of alkyl carbamates (subject to hydrolysis) is 1. The number of carbonyl (C=O) groups is 4. The van der Waals surface area contributed by atoms with Gasteiger partial charge in [0.05, 0.1) is 54.7 Å². The lowest BCUT2D eigenvalue weighted by atomic mass is 9.64. The fourth-order valence-electron chi connectivity index (χ4n) is 12.7. The molecule has 0 saturated carbocycles. The number of oxime groups is 1. The van der Waals surface area contributed by atoms with Crippen LogP contribution in [-0.2, 0) is 73.0 Å². The number of aliphatic carboxylic acids is 1. The number of rotatable bonds is 18. The molecule has 80 heavy (non-hydrogen) atoms. The summed E-state index contributed by atoms with van der Waals surface area (Å²) in [5.74, 6) is -10.6. The van der Waals surface area contributed by atoms with E-state index in [9.17, 15) is 24.9 Å². The molecule has 4 saturated heterocycles. The van der Waals surface area contributed by atoms with Crippen LogP contribution in [0.2, 0.25) is 0 Å². The maximum absolute atomic E-state index is 16.0. The number of pyridine rings is 1. The molecule has 1 aromatic rings. The molecule has 0 bridgehead atoms. The van der Waals surface area contributed by atoms with E-state index >= 15 is 9.59 Å². The molecule has 1 aromatic heterocycles. The highest BCUT2D eigenvalue weighted by molar-refractivity contribution is 5.92. The Balaban J connectivity index is 1.72. The van der Waals surface area contributed by atoms with Crippen molar-refractivity contribution in [2.24, 2.45) is 58.4 Å². The molecule has 2 unspecified atom stereocenters. The number of Topliss-reactive ketones (excluding diaryl/α,β-unsaturated/α-hetero) is 1. The second-order valence-corrected chi connectivity index (χ2v) is 23.8. The van der Waals surface area contributed by atoms with Gasteiger partial charge in [-0.25, -0.2) is 4.79 Å². The summed E-state index contributed by atoms with van der Waals surface area (Å²) in [5.41, 5.74) is -0.784. The highest BCUT2D eigenvalue weighted by Crippen LogP contribution is 2.44. The van der Waals surface area contributed by atoms with E-state index in [0.29, 0.717) is 19.4 Å². The molecule has 4 fully saturated rings. The van der Waals surface area contributed by atoms with Crippen LogP contribution < -0.4 is 5.32 Å². The first-order valence-corrected chi connectivity index (χ1v) is 28.6. The van der Waals surface area contributed by atoms with Crippen LogP contribution in [0, 0.1) is 53.3 Å². The van der Waals surface area contributed by atoms with Crippen molar-refractivity contribution in [2.45, 2.75) is 207 Å². The Kier molecular flexibility index (Phi) is 25.1. The van der Waals surface area contributed by atoms with Gasteiger partial charge < -0.3 is 77.7 Å². The molecule has 4 aliphatic rings. The third kappa shape index (κ3) is 16.7. The number of methoxy groups -OCH3 is 2. The third-order valence-corrected chi connectivity index (χ3v) is 17.1. The van der Waals surface area contributed by atoms with Crippen LogP contribution in [0.25, 0.3) is 0 Å². The summed E-state index contributed by atoms with van der Waals surface area (Å²) in [7, 11) is 6.28. The van der Waals surface area contributed by atoms with Gasteiger partial charge in [0.1, 0.15) is 37.6 Å². The number of nitrogens with zero attached hydrogens (tertiary/aromatic N) is 3. The predicted octanol–water partition coefficient (Wildman–Crippen LogP) is 5.66. The molecule has 456 valence electrons. The molecule has 4 aliphatic heterocycles. The molecular formula is C58H96N4O18. The monoisotopic (exact) mass is 1140 g/mol. The fourth-order valence-corrected chi connectivity index (χ4v) is 12.7. The van der Waals surface area contributed by atoms with Gasteiger partial charge in [0, 0.05) is 76.3 Å². The van der Waals surface area contributed by atoms with Gasteiger partial charge in [-0.3, -0.25) is 19.4 Å². The number of hydrogen-bond acceptors (Lipinski definition) is 20. The van der Waals surface area contributed by atoms with Crippen LogP contribution in [0.4, 0.5) is 4.79 Å². The zero-order valence-corrected chi connectivity index (χ0v) is 50.3. The van der Waals surface area contributed by atoms with Crippen molar-refractivity contribution < 1.29 is 86.7 Å². The summed E-state index contributed by atoms with van der Waals surface area (Å²) in [4.78, 5) is 70.8. The first-order valence-electron chi connectivity index (χ1n) is 28.6. The average molecular weight is 1140 g/mol. The van der Waals surface area contributed by atoms with Crippen molar-refractivity contribution in [3.05, 3.63) is 30.1 Å². The molecule has 0 radical (unpaired) electrons. The summed E-state index contributed by atoms with van der Waals surface area (Å²) < 4.78 is 64.1. The number of aliphatic hydroxyl groups is 2. The second kappa shape index (κ2) is 30.0. The third-order valence-electron chi connectivity index (χ3n) is 17.1. The molecule has 23 atom stereocenters. The molecule has 22 heteroatoms. The highest BCUT2D eigenvalue weighted by atomic mass is 16.7. The van der Waals surface area contributed by atoms with E-state index in [1.807, 2.05) is 40.0 Å². The van der Waals surface area contributed by atoms with E-state index in [-0.39, 0.29) is 43.9 Å². The SMILES string of the molecule is CON=C1C[C@@H](C)O[C@@H](O[C@@H]2[C@@H](C)[C@H](O[C@H]3C[C@H](C)N(C)C[C@H](C)O3)[C@@H](C)C(=O)OC(C(C)CO[C@@H]3O[C@H](C)[C@@H](O)[C@@H](OC)[C@H]3OC)[C@@H](C)[C@@H]([C@H](C(=O)O)C(C)C)[C@@H](C)C(=O)[C@@](C)(OC(=O)NCCc3ccncc3)C[C@@H]2C)[C@@H]1O. The number of cyclic esters (lactones) is 1. The van der Waals surface area contributed by atoms with E-state index in [2.05, 4.69) is 27.3 Å². The minimum Gasteiger partial charge on any atom is -0.481 e.